The highest BCUT2D eigenvalue weighted by atomic mass is 16.2. The van der Waals surface area contributed by atoms with E-state index in [-0.39, 0.29) is 11.4 Å². The molecule has 1 aliphatic heterocycles. The van der Waals surface area contributed by atoms with Crippen molar-refractivity contribution in [3.8, 4) is 0 Å². The van der Waals surface area contributed by atoms with Crippen molar-refractivity contribution in [2.45, 2.75) is 45.1 Å². The molecule has 0 aromatic carbocycles. The monoisotopic (exact) mass is 236 g/mol. The molecule has 1 aromatic rings. The molecule has 1 aliphatic rings. The van der Waals surface area contributed by atoms with E-state index in [0.717, 1.165) is 37.9 Å². The van der Waals surface area contributed by atoms with Gasteiger partial charge in [-0.3, -0.25) is 9.89 Å². The van der Waals surface area contributed by atoms with E-state index in [1.54, 1.807) is 0 Å². The smallest absolute Gasteiger partial charge is 0.245 e. The number of anilines is 1. The van der Waals surface area contributed by atoms with Crippen molar-refractivity contribution >= 4 is 11.7 Å². The molecule has 94 valence electrons. The van der Waals surface area contributed by atoms with Gasteiger partial charge in [0.25, 0.3) is 0 Å². The first-order chi connectivity index (χ1) is 8.16. The van der Waals surface area contributed by atoms with E-state index in [1.165, 1.54) is 0 Å². The average Bonchev–Trinajstić information content (AvgIpc) is 2.89. The van der Waals surface area contributed by atoms with Gasteiger partial charge in [-0.2, -0.15) is 5.10 Å². The SMILES string of the molecule is CCCC1(C(=O)Nc2cc(C)[nH]n2)CCCN1. The molecule has 0 bridgehead atoms. The summed E-state index contributed by atoms with van der Waals surface area (Å²) in [5.41, 5.74) is 0.561. The zero-order chi connectivity index (χ0) is 12.3. The minimum atomic E-state index is -0.387. The summed E-state index contributed by atoms with van der Waals surface area (Å²) in [6, 6.07) is 1.84. The lowest BCUT2D eigenvalue weighted by Crippen LogP contribution is -2.50. The van der Waals surface area contributed by atoms with Crippen molar-refractivity contribution in [3.05, 3.63) is 11.8 Å². The van der Waals surface area contributed by atoms with Crippen LogP contribution in [0.5, 0.6) is 0 Å². The van der Waals surface area contributed by atoms with Crippen molar-refractivity contribution in [3.63, 3.8) is 0 Å². The first-order valence-corrected chi connectivity index (χ1v) is 6.25. The maximum atomic E-state index is 12.3. The van der Waals surface area contributed by atoms with Crippen LogP contribution in [0.1, 0.15) is 38.3 Å². The Bertz CT molecular complexity index is 393. The van der Waals surface area contributed by atoms with Crippen molar-refractivity contribution < 1.29 is 4.79 Å². The molecule has 1 fully saturated rings. The second kappa shape index (κ2) is 4.87. The number of amides is 1. The summed E-state index contributed by atoms with van der Waals surface area (Å²) < 4.78 is 0. The molecule has 0 radical (unpaired) electrons. The third-order valence-corrected chi connectivity index (χ3v) is 3.30. The summed E-state index contributed by atoms with van der Waals surface area (Å²) in [6.07, 6.45) is 3.85. The predicted octanol–water partition coefficient (Wildman–Crippen LogP) is 1.58. The molecule has 5 heteroatoms. The molecule has 2 rings (SSSR count). The third kappa shape index (κ3) is 2.49. The van der Waals surface area contributed by atoms with E-state index in [9.17, 15) is 4.79 Å². The Labute approximate surface area is 101 Å². The molecule has 0 aliphatic carbocycles. The molecular weight excluding hydrogens is 216 g/mol. The molecule has 5 nitrogen and oxygen atoms in total. The van der Waals surface area contributed by atoms with Gasteiger partial charge in [-0.1, -0.05) is 13.3 Å². The molecule has 1 unspecified atom stereocenters. The zero-order valence-corrected chi connectivity index (χ0v) is 10.5. The fourth-order valence-corrected chi connectivity index (χ4v) is 2.47. The first kappa shape index (κ1) is 12.1. The van der Waals surface area contributed by atoms with Gasteiger partial charge in [0.15, 0.2) is 5.82 Å². The van der Waals surface area contributed by atoms with Gasteiger partial charge in [-0.15, -0.1) is 0 Å². The second-order valence-corrected chi connectivity index (χ2v) is 4.75. The number of nitrogens with zero attached hydrogens (tertiary/aromatic N) is 1. The molecule has 3 N–H and O–H groups in total. The van der Waals surface area contributed by atoms with Crippen LogP contribution >= 0.6 is 0 Å². The summed E-state index contributed by atoms with van der Waals surface area (Å²) >= 11 is 0. The number of carbonyl (C=O) groups is 1. The number of carbonyl (C=O) groups excluding carboxylic acids is 1. The summed E-state index contributed by atoms with van der Waals surface area (Å²) in [5.74, 6) is 0.653. The Balaban J connectivity index is 2.06. The van der Waals surface area contributed by atoms with Gasteiger partial charge in [0, 0.05) is 11.8 Å². The second-order valence-electron chi connectivity index (χ2n) is 4.75. The molecule has 1 atom stereocenters. The normalized spacial score (nSPS) is 23.9. The number of hydrogen-bond donors (Lipinski definition) is 3. The van der Waals surface area contributed by atoms with Crippen LogP contribution in [-0.2, 0) is 4.79 Å². The summed E-state index contributed by atoms with van der Waals surface area (Å²) in [5, 5.41) is 13.1. The van der Waals surface area contributed by atoms with E-state index in [2.05, 4.69) is 27.8 Å². The fourth-order valence-electron chi connectivity index (χ4n) is 2.47. The number of rotatable bonds is 4. The van der Waals surface area contributed by atoms with Crippen LogP contribution in [0.15, 0.2) is 6.07 Å². The minimum Gasteiger partial charge on any atom is -0.308 e. The number of nitrogens with one attached hydrogen (secondary N) is 3. The van der Waals surface area contributed by atoms with Crippen LogP contribution in [-0.4, -0.2) is 28.2 Å². The van der Waals surface area contributed by atoms with Crippen LogP contribution in [0.3, 0.4) is 0 Å². The molecular formula is C12H20N4O. The fraction of sp³-hybridized carbons (Fsp3) is 0.667. The standard InChI is InChI=1S/C12H20N4O/c1-3-5-12(6-4-7-13-12)11(17)14-10-8-9(2)15-16-10/h8,13H,3-7H2,1-2H3,(H2,14,15,16,17). The van der Waals surface area contributed by atoms with Crippen LogP contribution in [0.25, 0.3) is 0 Å². The number of aromatic amines is 1. The highest BCUT2D eigenvalue weighted by Crippen LogP contribution is 2.26. The maximum absolute atomic E-state index is 12.3. The van der Waals surface area contributed by atoms with E-state index in [1.807, 2.05) is 13.0 Å². The van der Waals surface area contributed by atoms with Gasteiger partial charge >= 0.3 is 0 Å². The van der Waals surface area contributed by atoms with E-state index >= 15 is 0 Å². The van der Waals surface area contributed by atoms with Crippen molar-refractivity contribution in [1.29, 1.82) is 0 Å². The summed E-state index contributed by atoms with van der Waals surface area (Å²) in [6.45, 7) is 4.94. The summed E-state index contributed by atoms with van der Waals surface area (Å²) in [7, 11) is 0. The molecule has 2 heterocycles. The van der Waals surface area contributed by atoms with Gasteiger partial charge in [0.2, 0.25) is 5.91 Å². The van der Waals surface area contributed by atoms with Crippen LogP contribution in [0.4, 0.5) is 5.82 Å². The Morgan fingerprint density at radius 3 is 3.00 bits per heavy atom. The van der Waals surface area contributed by atoms with Crippen LogP contribution in [0, 0.1) is 6.92 Å². The van der Waals surface area contributed by atoms with Gasteiger partial charge in [-0.05, 0) is 32.7 Å². The highest BCUT2D eigenvalue weighted by molar-refractivity contribution is 5.97. The Kier molecular flexibility index (Phi) is 3.47. The first-order valence-electron chi connectivity index (χ1n) is 6.25. The molecule has 1 amide bonds. The molecule has 17 heavy (non-hydrogen) atoms. The van der Waals surface area contributed by atoms with E-state index < -0.39 is 0 Å². The van der Waals surface area contributed by atoms with Crippen molar-refractivity contribution in [2.75, 3.05) is 11.9 Å². The van der Waals surface area contributed by atoms with Crippen molar-refractivity contribution in [2.24, 2.45) is 0 Å². The number of hydrogen-bond acceptors (Lipinski definition) is 3. The Morgan fingerprint density at radius 2 is 2.47 bits per heavy atom. The van der Waals surface area contributed by atoms with Crippen LogP contribution < -0.4 is 10.6 Å². The van der Waals surface area contributed by atoms with Gasteiger partial charge in [-0.25, -0.2) is 0 Å². The maximum Gasteiger partial charge on any atom is 0.245 e. The highest BCUT2D eigenvalue weighted by Gasteiger charge is 2.40. The van der Waals surface area contributed by atoms with Crippen molar-refractivity contribution in [1.82, 2.24) is 15.5 Å². The number of H-pyrrole nitrogens is 1. The lowest BCUT2D eigenvalue weighted by molar-refractivity contribution is -0.122. The number of aryl methyl sites for hydroxylation is 1. The molecule has 0 spiro atoms. The van der Waals surface area contributed by atoms with Gasteiger partial charge in [0.1, 0.15) is 0 Å². The average molecular weight is 236 g/mol. The lowest BCUT2D eigenvalue weighted by atomic mass is 9.91. The molecule has 0 saturated carbocycles. The zero-order valence-electron chi connectivity index (χ0n) is 10.5. The van der Waals surface area contributed by atoms with E-state index in [0.29, 0.717) is 5.82 Å². The Morgan fingerprint density at radius 1 is 1.65 bits per heavy atom. The van der Waals surface area contributed by atoms with Gasteiger partial charge in [0.05, 0.1) is 5.54 Å². The van der Waals surface area contributed by atoms with E-state index in [4.69, 9.17) is 0 Å². The minimum absolute atomic E-state index is 0.0448. The third-order valence-electron chi connectivity index (χ3n) is 3.30. The quantitative estimate of drug-likeness (QED) is 0.743. The van der Waals surface area contributed by atoms with Gasteiger partial charge < -0.3 is 10.6 Å². The predicted molar refractivity (Wildman–Crippen MR) is 66.8 cm³/mol. The molecule has 1 saturated heterocycles. The Hall–Kier alpha value is -1.36. The lowest BCUT2D eigenvalue weighted by Gasteiger charge is -2.27. The number of aromatic nitrogens is 2. The summed E-state index contributed by atoms with van der Waals surface area (Å²) in [4.78, 5) is 12.3. The van der Waals surface area contributed by atoms with Crippen LogP contribution in [0.2, 0.25) is 0 Å². The molecule has 1 aromatic heterocycles. The topological polar surface area (TPSA) is 69.8 Å². The largest absolute Gasteiger partial charge is 0.308 e.